The molecule has 0 saturated heterocycles. The zero-order valence-corrected chi connectivity index (χ0v) is 16.7. The van der Waals surface area contributed by atoms with E-state index in [4.69, 9.17) is 16.2 Å². The number of amides is 1. The minimum atomic E-state index is -0.711. The van der Waals surface area contributed by atoms with Crippen LogP contribution in [0.5, 0.6) is 5.75 Å². The molecule has 4 rings (SSSR count). The van der Waals surface area contributed by atoms with Crippen molar-refractivity contribution in [2.45, 2.75) is 20.1 Å². The average Bonchev–Trinajstić information content (AvgIpc) is 3.32. The Hall–Kier alpha value is -3.79. The molecule has 0 aliphatic heterocycles. The third-order valence-corrected chi connectivity index (χ3v) is 4.86. The number of benzene rings is 1. The monoisotopic (exact) mass is 426 g/mol. The van der Waals surface area contributed by atoms with Crippen molar-refractivity contribution in [3.63, 3.8) is 0 Å². The maximum absolute atomic E-state index is 14.0. The molecular weight excluding hydrogens is 406 g/mol. The number of nitrogens with zero attached hydrogens (tertiary/aromatic N) is 4. The first-order valence-electron chi connectivity index (χ1n) is 9.51. The number of hydrogen-bond acceptors (Lipinski definition) is 5. The summed E-state index contributed by atoms with van der Waals surface area (Å²) in [7, 11) is 0. The van der Waals surface area contributed by atoms with Crippen LogP contribution in [0.3, 0.4) is 0 Å². The number of ether oxygens (including phenoxy) is 1. The van der Waals surface area contributed by atoms with Crippen LogP contribution in [0, 0.1) is 18.6 Å². The lowest BCUT2D eigenvalue weighted by molar-refractivity contribution is 0.0994. The van der Waals surface area contributed by atoms with Gasteiger partial charge in [0.05, 0.1) is 29.7 Å². The first kappa shape index (κ1) is 20.5. The summed E-state index contributed by atoms with van der Waals surface area (Å²) in [6, 6.07) is 6.93. The number of fused-ring (bicyclic) bond motifs is 1. The molecule has 3 aromatic heterocycles. The molecule has 0 aliphatic carbocycles. The van der Waals surface area contributed by atoms with Crippen LogP contribution in [0.15, 0.2) is 42.7 Å². The van der Waals surface area contributed by atoms with Gasteiger partial charge in [-0.15, -0.1) is 0 Å². The lowest BCUT2D eigenvalue weighted by Gasteiger charge is -2.12. The highest BCUT2D eigenvalue weighted by Gasteiger charge is 2.21. The molecule has 4 aromatic rings. The van der Waals surface area contributed by atoms with Crippen molar-refractivity contribution in [1.82, 2.24) is 19.2 Å². The lowest BCUT2D eigenvalue weighted by Crippen LogP contribution is -2.16. The Morgan fingerprint density at radius 2 is 1.94 bits per heavy atom. The topological polar surface area (TPSA) is 113 Å². The molecule has 1 aromatic carbocycles. The van der Waals surface area contributed by atoms with Crippen LogP contribution >= 0.6 is 0 Å². The second-order valence-corrected chi connectivity index (χ2v) is 6.92. The van der Waals surface area contributed by atoms with Gasteiger partial charge in [-0.25, -0.2) is 13.8 Å². The van der Waals surface area contributed by atoms with Crippen LogP contribution in [0.1, 0.15) is 21.7 Å². The number of carbonyl (C=O) groups excluding carboxylic acids is 1. The molecule has 0 atom stereocenters. The number of primary amides is 1. The average molecular weight is 426 g/mol. The van der Waals surface area contributed by atoms with E-state index < -0.39 is 17.5 Å². The molecular formula is C21H20F2N6O2. The van der Waals surface area contributed by atoms with Gasteiger partial charge >= 0.3 is 0 Å². The van der Waals surface area contributed by atoms with Crippen LogP contribution in [-0.4, -0.2) is 31.6 Å². The van der Waals surface area contributed by atoms with Crippen LogP contribution < -0.4 is 16.2 Å². The van der Waals surface area contributed by atoms with Crippen molar-refractivity contribution in [3.8, 4) is 17.0 Å². The molecule has 10 heteroatoms. The molecule has 1 amide bonds. The number of rotatable bonds is 7. The minimum Gasteiger partial charge on any atom is -0.485 e. The lowest BCUT2D eigenvalue weighted by atomic mass is 10.2. The van der Waals surface area contributed by atoms with Gasteiger partial charge in [-0.05, 0) is 31.2 Å². The SMILES string of the molecule is Cc1nc2c(OCc3c(F)cccc3F)ccc(-c3cnn(CCN)c3)n2c1C(N)=O. The van der Waals surface area contributed by atoms with Crippen LogP contribution in [-0.2, 0) is 13.2 Å². The van der Waals surface area contributed by atoms with Gasteiger partial charge in [0.2, 0.25) is 0 Å². The quantitative estimate of drug-likeness (QED) is 0.471. The highest BCUT2D eigenvalue weighted by molar-refractivity contribution is 5.94. The molecule has 160 valence electrons. The van der Waals surface area contributed by atoms with Crippen molar-refractivity contribution in [1.29, 1.82) is 0 Å². The van der Waals surface area contributed by atoms with Crippen molar-refractivity contribution < 1.29 is 18.3 Å². The molecule has 0 saturated carbocycles. The number of imidazole rings is 1. The molecule has 0 unspecified atom stereocenters. The first-order chi connectivity index (χ1) is 14.9. The molecule has 31 heavy (non-hydrogen) atoms. The Morgan fingerprint density at radius 1 is 1.19 bits per heavy atom. The number of nitrogens with two attached hydrogens (primary N) is 2. The zero-order chi connectivity index (χ0) is 22.1. The smallest absolute Gasteiger partial charge is 0.267 e. The Bertz CT molecular complexity index is 1260. The second kappa shape index (κ2) is 8.15. The molecule has 0 bridgehead atoms. The minimum absolute atomic E-state index is 0.180. The van der Waals surface area contributed by atoms with Crippen molar-refractivity contribution in [2.75, 3.05) is 6.54 Å². The fourth-order valence-electron chi connectivity index (χ4n) is 3.43. The first-order valence-corrected chi connectivity index (χ1v) is 9.51. The van der Waals surface area contributed by atoms with Crippen LogP contribution in [0.2, 0.25) is 0 Å². The van der Waals surface area contributed by atoms with Gasteiger partial charge in [0.1, 0.15) is 23.9 Å². The van der Waals surface area contributed by atoms with E-state index in [9.17, 15) is 13.6 Å². The third kappa shape index (κ3) is 3.73. The Balaban J connectivity index is 1.81. The number of halogens is 2. The fourth-order valence-corrected chi connectivity index (χ4v) is 3.43. The summed E-state index contributed by atoms with van der Waals surface area (Å²) >= 11 is 0. The third-order valence-electron chi connectivity index (χ3n) is 4.86. The van der Waals surface area contributed by atoms with Gasteiger partial charge in [-0.2, -0.15) is 5.10 Å². The molecule has 4 N–H and O–H groups in total. The van der Waals surface area contributed by atoms with Crippen molar-refractivity contribution >= 4 is 11.6 Å². The molecule has 0 spiro atoms. The summed E-state index contributed by atoms with van der Waals surface area (Å²) in [5.74, 6) is -1.84. The summed E-state index contributed by atoms with van der Waals surface area (Å²) in [6.45, 7) is 2.26. The maximum Gasteiger partial charge on any atom is 0.267 e. The van der Waals surface area contributed by atoms with Crippen LogP contribution in [0.4, 0.5) is 8.78 Å². The van der Waals surface area contributed by atoms with E-state index in [-0.39, 0.29) is 23.6 Å². The maximum atomic E-state index is 14.0. The van der Waals surface area contributed by atoms with E-state index >= 15 is 0 Å². The van der Waals surface area contributed by atoms with Gasteiger partial charge in [-0.3, -0.25) is 13.9 Å². The normalized spacial score (nSPS) is 11.2. The van der Waals surface area contributed by atoms with E-state index in [2.05, 4.69) is 10.1 Å². The predicted molar refractivity (Wildman–Crippen MR) is 109 cm³/mol. The van der Waals surface area contributed by atoms with E-state index in [1.807, 2.05) is 0 Å². The number of pyridine rings is 1. The number of aromatic nitrogens is 4. The van der Waals surface area contributed by atoms with Gasteiger partial charge in [0, 0.05) is 18.3 Å². The van der Waals surface area contributed by atoms with E-state index in [1.165, 1.54) is 6.07 Å². The summed E-state index contributed by atoms with van der Waals surface area (Å²) in [5.41, 5.74) is 13.2. The summed E-state index contributed by atoms with van der Waals surface area (Å²) in [4.78, 5) is 16.6. The predicted octanol–water partition coefficient (Wildman–Crippen LogP) is 2.42. The summed E-state index contributed by atoms with van der Waals surface area (Å²) < 4.78 is 36.9. The number of aryl methyl sites for hydroxylation is 1. The molecule has 0 aliphatic rings. The number of carbonyl (C=O) groups is 1. The standard InChI is InChI=1S/C21H20F2N6O2/c1-12-19(20(25)30)29-17(13-9-26-28(10-13)8-7-24)5-6-18(21(29)27-12)31-11-14-15(22)3-2-4-16(14)23/h2-6,9-10H,7-8,11,24H2,1H3,(H2,25,30). The van der Waals surface area contributed by atoms with Crippen molar-refractivity contribution in [2.24, 2.45) is 11.5 Å². The van der Waals surface area contributed by atoms with Gasteiger partial charge in [0.15, 0.2) is 11.4 Å². The molecule has 3 heterocycles. The van der Waals surface area contributed by atoms with E-state index in [0.717, 1.165) is 12.1 Å². The second-order valence-electron chi connectivity index (χ2n) is 6.92. The summed E-state index contributed by atoms with van der Waals surface area (Å²) in [5, 5.41) is 4.26. The van der Waals surface area contributed by atoms with Gasteiger partial charge < -0.3 is 16.2 Å². The van der Waals surface area contributed by atoms with Crippen molar-refractivity contribution in [3.05, 3.63) is 71.3 Å². The molecule has 0 radical (unpaired) electrons. The van der Waals surface area contributed by atoms with E-state index in [1.54, 1.807) is 40.5 Å². The highest BCUT2D eigenvalue weighted by Crippen LogP contribution is 2.30. The zero-order valence-electron chi connectivity index (χ0n) is 16.7. The molecule has 8 nitrogen and oxygen atoms in total. The van der Waals surface area contributed by atoms with Gasteiger partial charge in [-0.1, -0.05) is 6.07 Å². The molecule has 0 fully saturated rings. The summed E-state index contributed by atoms with van der Waals surface area (Å²) in [6.07, 6.45) is 3.43. The van der Waals surface area contributed by atoms with Gasteiger partial charge in [0.25, 0.3) is 5.91 Å². The number of hydrogen-bond donors (Lipinski definition) is 2. The van der Waals surface area contributed by atoms with Crippen LogP contribution in [0.25, 0.3) is 16.9 Å². The largest absolute Gasteiger partial charge is 0.485 e. The van der Waals surface area contributed by atoms with E-state index in [0.29, 0.717) is 35.7 Å². The Labute approximate surface area is 176 Å². The Morgan fingerprint density at radius 3 is 2.61 bits per heavy atom. The Kier molecular flexibility index (Phi) is 5.38. The fraction of sp³-hybridized carbons (Fsp3) is 0.190. The highest BCUT2D eigenvalue weighted by atomic mass is 19.1.